The summed E-state index contributed by atoms with van der Waals surface area (Å²) in [5.41, 5.74) is 1.73. The van der Waals surface area contributed by atoms with Crippen molar-refractivity contribution in [2.75, 3.05) is 5.75 Å². The Labute approximate surface area is 160 Å². The standard InChI is InChI=1S/C19H21N3O2S2/c1-3-13(2)22-18(24)17-15(9-10-25-17)21-19(22)26-12-16(23)20-11-14-7-5-4-6-8-14/h4-10,13H,3,11-12H2,1-2H3,(H,20,23). The van der Waals surface area contributed by atoms with E-state index in [0.29, 0.717) is 21.9 Å². The summed E-state index contributed by atoms with van der Waals surface area (Å²) in [5, 5.41) is 5.38. The number of carbonyl (C=O) groups is 1. The van der Waals surface area contributed by atoms with E-state index in [-0.39, 0.29) is 23.3 Å². The monoisotopic (exact) mass is 387 g/mol. The fourth-order valence-corrected chi connectivity index (χ4v) is 4.25. The molecule has 0 aliphatic rings. The summed E-state index contributed by atoms with van der Waals surface area (Å²) in [6, 6.07) is 11.7. The summed E-state index contributed by atoms with van der Waals surface area (Å²) in [6.07, 6.45) is 0.826. The molecule has 2 aromatic heterocycles. The first-order valence-electron chi connectivity index (χ1n) is 8.53. The van der Waals surface area contributed by atoms with Crippen LogP contribution in [0.15, 0.2) is 51.7 Å². The first-order chi connectivity index (χ1) is 12.6. The zero-order chi connectivity index (χ0) is 18.5. The molecule has 3 rings (SSSR count). The average molecular weight is 388 g/mol. The van der Waals surface area contributed by atoms with Crippen molar-refractivity contribution < 1.29 is 4.79 Å². The van der Waals surface area contributed by atoms with Crippen LogP contribution < -0.4 is 10.9 Å². The highest BCUT2D eigenvalue weighted by Gasteiger charge is 2.17. The van der Waals surface area contributed by atoms with E-state index in [2.05, 4.69) is 10.3 Å². The van der Waals surface area contributed by atoms with E-state index in [0.717, 1.165) is 12.0 Å². The second kappa shape index (κ2) is 8.51. The van der Waals surface area contributed by atoms with E-state index in [9.17, 15) is 9.59 Å². The zero-order valence-corrected chi connectivity index (χ0v) is 16.4. The molecule has 0 fully saturated rings. The Morgan fingerprint density at radius 1 is 1.31 bits per heavy atom. The van der Waals surface area contributed by atoms with Gasteiger partial charge >= 0.3 is 0 Å². The largest absolute Gasteiger partial charge is 0.351 e. The number of nitrogens with zero attached hydrogens (tertiary/aromatic N) is 2. The van der Waals surface area contributed by atoms with Gasteiger partial charge < -0.3 is 5.32 Å². The summed E-state index contributed by atoms with van der Waals surface area (Å²) < 4.78 is 2.39. The third-order valence-corrected chi connectivity index (χ3v) is 6.02. The Morgan fingerprint density at radius 3 is 2.81 bits per heavy atom. The smallest absolute Gasteiger partial charge is 0.272 e. The van der Waals surface area contributed by atoms with Gasteiger partial charge in [-0.25, -0.2) is 4.98 Å². The van der Waals surface area contributed by atoms with Crippen molar-refractivity contribution in [3.8, 4) is 0 Å². The second-order valence-corrected chi connectivity index (χ2v) is 7.87. The molecule has 5 nitrogen and oxygen atoms in total. The van der Waals surface area contributed by atoms with Crippen LogP contribution in [0.2, 0.25) is 0 Å². The van der Waals surface area contributed by atoms with E-state index in [1.165, 1.54) is 23.1 Å². The molecule has 0 aliphatic carbocycles. The summed E-state index contributed by atoms with van der Waals surface area (Å²) >= 11 is 2.72. The maximum absolute atomic E-state index is 12.8. The first kappa shape index (κ1) is 18.7. The van der Waals surface area contributed by atoms with Gasteiger partial charge in [-0.15, -0.1) is 11.3 Å². The van der Waals surface area contributed by atoms with Crippen molar-refractivity contribution in [2.45, 2.75) is 38.0 Å². The third kappa shape index (κ3) is 4.16. The average Bonchev–Trinajstić information content (AvgIpc) is 3.14. The molecule has 7 heteroatoms. The van der Waals surface area contributed by atoms with Gasteiger partial charge in [-0.3, -0.25) is 14.2 Å². The maximum atomic E-state index is 12.8. The van der Waals surface area contributed by atoms with E-state index in [1.807, 2.05) is 55.6 Å². The summed E-state index contributed by atoms with van der Waals surface area (Å²) in [5.74, 6) is 0.153. The lowest BCUT2D eigenvalue weighted by Gasteiger charge is -2.17. The second-order valence-electron chi connectivity index (χ2n) is 6.01. The van der Waals surface area contributed by atoms with Gasteiger partial charge in [0.15, 0.2) is 5.16 Å². The summed E-state index contributed by atoms with van der Waals surface area (Å²) in [7, 11) is 0. The number of nitrogens with one attached hydrogen (secondary N) is 1. The number of carbonyl (C=O) groups excluding carboxylic acids is 1. The molecule has 0 aliphatic heterocycles. The Kier molecular flexibility index (Phi) is 6.11. The molecule has 0 spiro atoms. The van der Waals surface area contributed by atoms with Gasteiger partial charge in [0.1, 0.15) is 4.70 Å². The minimum Gasteiger partial charge on any atom is -0.351 e. The Balaban J connectivity index is 1.73. The van der Waals surface area contributed by atoms with Crippen LogP contribution in [0.4, 0.5) is 0 Å². The number of fused-ring (bicyclic) bond motifs is 1. The van der Waals surface area contributed by atoms with Crippen molar-refractivity contribution in [1.29, 1.82) is 0 Å². The van der Waals surface area contributed by atoms with Gasteiger partial charge in [-0.05, 0) is 30.4 Å². The molecule has 1 atom stereocenters. The predicted molar refractivity (Wildman–Crippen MR) is 108 cm³/mol. The molecule has 2 heterocycles. The molecular formula is C19H21N3O2S2. The lowest BCUT2D eigenvalue weighted by atomic mass is 10.2. The summed E-state index contributed by atoms with van der Waals surface area (Å²) in [4.78, 5) is 29.6. The van der Waals surface area contributed by atoms with E-state index in [1.54, 1.807) is 4.57 Å². The molecule has 1 N–H and O–H groups in total. The maximum Gasteiger partial charge on any atom is 0.272 e. The molecule has 26 heavy (non-hydrogen) atoms. The number of aromatic nitrogens is 2. The number of rotatable bonds is 7. The van der Waals surface area contributed by atoms with Crippen LogP contribution in [0.25, 0.3) is 10.2 Å². The van der Waals surface area contributed by atoms with E-state index < -0.39 is 0 Å². The van der Waals surface area contributed by atoms with Gasteiger partial charge in [0.05, 0.1) is 11.3 Å². The topological polar surface area (TPSA) is 64.0 Å². The zero-order valence-electron chi connectivity index (χ0n) is 14.8. The van der Waals surface area contributed by atoms with Crippen LogP contribution in [0.5, 0.6) is 0 Å². The number of thioether (sulfide) groups is 1. The molecule has 136 valence electrons. The first-order valence-corrected chi connectivity index (χ1v) is 10.4. The number of benzene rings is 1. The van der Waals surface area contributed by atoms with Crippen molar-refractivity contribution >= 4 is 39.2 Å². The molecule has 1 amide bonds. The fourth-order valence-electron chi connectivity index (χ4n) is 2.55. The summed E-state index contributed by atoms with van der Waals surface area (Å²) in [6.45, 7) is 4.54. The number of hydrogen-bond donors (Lipinski definition) is 1. The Hall–Kier alpha value is -2.12. The lowest BCUT2D eigenvalue weighted by Crippen LogP contribution is -2.27. The quantitative estimate of drug-likeness (QED) is 0.494. The molecule has 0 saturated carbocycles. The van der Waals surface area contributed by atoms with Crippen LogP contribution >= 0.6 is 23.1 Å². The van der Waals surface area contributed by atoms with Gasteiger partial charge in [0.25, 0.3) is 5.56 Å². The highest BCUT2D eigenvalue weighted by atomic mass is 32.2. The van der Waals surface area contributed by atoms with Crippen LogP contribution in [0.1, 0.15) is 31.9 Å². The van der Waals surface area contributed by atoms with Gasteiger partial charge in [0.2, 0.25) is 5.91 Å². The molecule has 1 unspecified atom stereocenters. The van der Waals surface area contributed by atoms with Gasteiger partial charge in [-0.2, -0.15) is 0 Å². The molecule has 0 saturated heterocycles. The van der Waals surface area contributed by atoms with Crippen molar-refractivity contribution in [3.05, 3.63) is 57.7 Å². The molecule has 3 aromatic rings. The van der Waals surface area contributed by atoms with Crippen molar-refractivity contribution in [3.63, 3.8) is 0 Å². The SMILES string of the molecule is CCC(C)n1c(SCC(=O)NCc2ccccc2)nc2ccsc2c1=O. The lowest BCUT2D eigenvalue weighted by molar-refractivity contribution is -0.118. The van der Waals surface area contributed by atoms with Crippen molar-refractivity contribution in [1.82, 2.24) is 14.9 Å². The van der Waals surface area contributed by atoms with E-state index >= 15 is 0 Å². The predicted octanol–water partition coefficient (Wildman–Crippen LogP) is 3.84. The van der Waals surface area contributed by atoms with Crippen LogP contribution in [-0.4, -0.2) is 21.2 Å². The molecular weight excluding hydrogens is 366 g/mol. The van der Waals surface area contributed by atoms with Crippen molar-refractivity contribution in [2.24, 2.45) is 0 Å². The van der Waals surface area contributed by atoms with E-state index in [4.69, 9.17) is 0 Å². The minimum absolute atomic E-state index is 0.0217. The normalized spacial score (nSPS) is 12.2. The number of hydrogen-bond acceptors (Lipinski definition) is 5. The van der Waals surface area contributed by atoms with Gasteiger partial charge in [-0.1, -0.05) is 49.0 Å². The highest BCUT2D eigenvalue weighted by Crippen LogP contribution is 2.24. The van der Waals surface area contributed by atoms with Gasteiger partial charge in [0, 0.05) is 12.6 Å². The molecule has 0 bridgehead atoms. The van der Waals surface area contributed by atoms with Crippen LogP contribution in [0.3, 0.4) is 0 Å². The number of amides is 1. The number of thiophene rings is 1. The minimum atomic E-state index is -0.0748. The molecule has 0 radical (unpaired) electrons. The Morgan fingerprint density at radius 2 is 2.08 bits per heavy atom. The van der Waals surface area contributed by atoms with Crippen LogP contribution in [-0.2, 0) is 11.3 Å². The Bertz CT molecular complexity index is 950. The fraction of sp³-hybridized carbons (Fsp3) is 0.316. The third-order valence-electron chi connectivity index (χ3n) is 4.18. The molecule has 1 aromatic carbocycles. The highest BCUT2D eigenvalue weighted by molar-refractivity contribution is 7.99. The van der Waals surface area contributed by atoms with Crippen LogP contribution in [0, 0.1) is 0 Å².